The van der Waals surface area contributed by atoms with Crippen LogP contribution in [0.5, 0.6) is 5.75 Å². The van der Waals surface area contributed by atoms with Gasteiger partial charge in [0, 0.05) is 41.9 Å². The summed E-state index contributed by atoms with van der Waals surface area (Å²) >= 11 is 0. The molecule has 0 amide bonds. The smallest absolute Gasteiger partial charge is 0.422 e. The number of nitrogens with two attached hydrogens (primary N) is 1. The molecule has 1 aromatic heterocycles. The van der Waals surface area contributed by atoms with Gasteiger partial charge in [-0.25, -0.2) is 8.78 Å². The van der Waals surface area contributed by atoms with E-state index in [0.717, 1.165) is 12.4 Å². The van der Waals surface area contributed by atoms with Crippen LogP contribution in [0.1, 0.15) is 24.6 Å². The number of esters is 1. The van der Waals surface area contributed by atoms with Crippen LogP contribution in [-0.4, -0.2) is 36.6 Å². The Morgan fingerprint density at radius 3 is 2.36 bits per heavy atom. The molecule has 2 N–H and O–H groups in total. The van der Waals surface area contributed by atoms with Gasteiger partial charge in [0.2, 0.25) is 0 Å². The highest BCUT2D eigenvalue weighted by Crippen LogP contribution is 2.34. The fourth-order valence-corrected chi connectivity index (χ4v) is 3.66. The van der Waals surface area contributed by atoms with Crippen molar-refractivity contribution in [3.05, 3.63) is 83.7 Å². The predicted molar refractivity (Wildman–Crippen MR) is 132 cm³/mol. The number of hydrogen-bond donors (Lipinski definition) is 1. The second kappa shape index (κ2) is 12.9. The van der Waals surface area contributed by atoms with E-state index in [0.29, 0.717) is 22.9 Å². The zero-order valence-electron chi connectivity index (χ0n) is 20.7. The Hall–Kier alpha value is -4.42. The van der Waals surface area contributed by atoms with Crippen LogP contribution >= 0.6 is 0 Å². The highest BCUT2D eigenvalue weighted by Gasteiger charge is 2.39. The summed E-state index contributed by atoms with van der Waals surface area (Å²) < 4.78 is 76.2. The van der Waals surface area contributed by atoms with Crippen LogP contribution in [0.2, 0.25) is 0 Å². The number of nitrogens with zero attached hydrogens (tertiary/aromatic N) is 4. The standard InChI is InChI=1S/C26H24F5N5O3/c1-2-24(37)39-25(14-33-16-35-36-32,22-10-6-19(27)11-23(22)28)12-20-7-3-18(13-34-20)17-4-8-21(9-5-17)38-15-26(29,30)31/h3-11,13,16H,2,12,14-15H2,1H3,(H2,32,33,35). The third kappa shape index (κ3) is 8.28. The zero-order valence-corrected chi connectivity index (χ0v) is 20.7. The summed E-state index contributed by atoms with van der Waals surface area (Å²) in [4.78, 5) is 20.8. The molecule has 8 nitrogen and oxygen atoms in total. The minimum Gasteiger partial charge on any atom is -0.484 e. The summed E-state index contributed by atoms with van der Waals surface area (Å²) in [6.45, 7) is -0.142. The van der Waals surface area contributed by atoms with Crippen molar-refractivity contribution in [2.75, 3.05) is 13.2 Å². The van der Waals surface area contributed by atoms with Crippen LogP contribution in [0.25, 0.3) is 11.1 Å². The highest BCUT2D eigenvalue weighted by molar-refractivity contribution is 5.70. The average molecular weight is 550 g/mol. The molecular weight excluding hydrogens is 525 g/mol. The molecule has 0 aliphatic carbocycles. The van der Waals surface area contributed by atoms with E-state index >= 15 is 0 Å². The number of hydrogen-bond acceptors (Lipinski definition) is 6. The first-order valence-electron chi connectivity index (χ1n) is 11.6. The van der Waals surface area contributed by atoms with Gasteiger partial charge in [-0.3, -0.25) is 14.8 Å². The number of alkyl halides is 3. The Bertz CT molecular complexity index is 1320. The van der Waals surface area contributed by atoms with Gasteiger partial charge in [0.1, 0.15) is 23.7 Å². The third-order valence-electron chi connectivity index (χ3n) is 5.45. The lowest BCUT2D eigenvalue weighted by molar-refractivity contribution is -0.160. The summed E-state index contributed by atoms with van der Waals surface area (Å²) in [5, 5.41) is 6.48. The van der Waals surface area contributed by atoms with Crippen molar-refractivity contribution in [3.8, 4) is 16.9 Å². The molecule has 206 valence electrons. The van der Waals surface area contributed by atoms with E-state index in [2.05, 4.69) is 20.3 Å². The van der Waals surface area contributed by atoms with Gasteiger partial charge >= 0.3 is 12.1 Å². The van der Waals surface area contributed by atoms with Crippen molar-refractivity contribution in [1.82, 2.24) is 4.98 Å². The fourth-order valence-electron chi connectivity index (χ4n) is 3.66. The molecule has 0 saturated carbocycles. The first-order valence-corrected chi connectivity index (χ1v) is 11.6. The molecule has 3 rings (SSSR count). The lowest BCUT2D eigenvalue weighted by atomic mass is 9.87. The maximum Gasteiger partial charge on any atom is 0.422 e. The molecular formula is C26H24F5N5O3. The van der Waals surface area contributed by atoms with Gasteiger partial charge in [0.25, 0.3) is 0 Å². The SMILES string of the molecule is CCC(=O)OC(CN=CN=NN)(Cc1ccc(-c2ccc(OCC(F)(F)F)cc2)cn1)c1ccc(F)cc1F. The molecule has 0 aliphatic heterocycles. The first kappa shape index (κ1) is 29.1. The van der Waals surface area contributed by atoms with Crippen LogP contribution < -0.4 is 10.6 Å². The van der Waals surface area contributed by atoms with E-state index in [4.69, 9.17) is 15.3 Å². The number of benzene rings is 2. The summed E-state index contributed by atoms with van der Waals surface area (Å²) in [6, 6.07) is 12.1. The van der Waals surface area contributed by atoms with E-state index in [9.17, 15) is 26.7 Å². The van der Waals surface area contributed by atoms with Crippen molar-refractivity contribution in [2.45, 2.75) is 31.5 Å². The number of pyridine rings is 1. The first-order chi connectivity index (χ1) is 18.5. The fraction of sp³-hybridized carbons (Fsp3) is 0.269. The Labute approximate surface area is 220 Å². The van der Waals surface area contributed by atoms with E-state index in [1.807, 2.05) is 0 Å². The third-order valence-corrected chi connectivity index (χ3v) is 5.45. The number of aromatic nitrogens is 1. The van der Waals surface area contributed by atoms with Crippen LogP contribution in [0.4, 0.5) is 22.0 Å². The number of carbonyl (C=O) groups excluding carboxylic acids is 1. The topological polar surface area (TPSA) is 112 Å². The normalized spacial score (nSPS) is 13.5. The van der Waals surface area contributed by atoms with Gasteiger partial charge in [-0.15, -0.1) is 5.11 Å². The highest BCUT2D eigenvalue weighted by atomic mass is 19.4. The van der Waals surface area contributed by atoms with Gasteiger partial charge in [0.15, 0.2) is 12.2 Å². The van der Waals surface area contributed by atoms with Gasteiger partial charge in [-0.05, 0) is 35.9 Å². The van der Waals surface area contributed by atoms with Gasteiger partial charge in [0.05, 0.1) is 6.54 Å². The average Bonchev–Trinajstić information content (AvgIpc) is 2.90. The quantitative estimate of drug-likeness (QED) is 0.0626. The van der Waals surface area contributed by atoms with Crippen molar-refractivity contribution in [3.63, 3.8) is 0 Å². The molecule has 0 saturated heterocycles. The van der Waals surface area contributed by atoms with Gasteiger partial charge in [-0.1, -0.05) is 30.3 Å². The lowest BCUT2D eigenvalue weighted by Crippen LogP contribution is -2.39. The molecule has 1 heterocycles. The van der Waals surface area contributed by atoms with E-state index in [1.54, 1.807) is 31.2 Å². The van der Waals surface area contributed by atoms with Crippen molar-refractivity contribution in [1.29, 1.82) is 0 Å². The second-order valence-electron chi connectivity index (χ2n) is 8.28. The van der Waals surface area contributed by atoms with Gasteiger partial charge in [-0.2, -0.15) is 13.2 Å². The molecule has 39 heavy (non-hydrogen) atoms. The molecule has 0 radical (unpaired) electrons. The van der Waals surface area contributed by atoms with E-state index in [-0.39, 0.29) is 30.7 Å². The number of carbonyl (C=O) groups is 1. The van der Waals surface area contributed by atoms with E-state index < -0.39 is 36.0 Å². The minimum atomic E-state index is -4.45. The van der Waals surface area contributed by atoms with Crippen LogP contribution in [0.3, 0.4) is 0 Å². The monoisotopic (exact) mass is 549 g/mol. The molecule has 1 atom stereocenters. The molecule has 1 unspecified atom stereocenters. The summed E-state index contributed by atoms with van der Waals surface area (Å²) in [5.41, 5.74) is -0.164. The van der Waals surface area contributed by atoms with E-state index in [1.165, 1.54) is 24.4 Å². The Balaban J connectivity index is 1.92. The number of halogens is 5. The van der Waals surface area contributed by atoms with Crippen molar-refractivity contribution >= 4 is 12.3 Å². The molecule has 3 aromatic rings. The van der Waals surface area contributed by atoms with Crippen molar-refractivity contribution < 1.29 is 36.2 Å². The van der Waals surface area contributed by atoms with Gasteiger partial charge < -0.3 is 15.3 Å². The Morgan fingerprint density at radius 2 is 1.77 bits per heavy atom. The molecule has 0 fully saturated rings. The molecule has 2 aromatic carbocycles. The predicted octanol–water partition coefficient (Wildman–Crippen LogP) is 5.71. The van der Waals surface area contributed by atoms with Crippen LogP contribution in [-0.2, 0) is 21.6 Å². The maximum absolute atomic E-state index is 15.0. The number of aliphatic imine (C=N–C) groups is 1. The summed E-state index contributed by atoms with van der Waals surface area (Å²) in [7, 11) is 0. The maximum atomic E-state index is 15.0. The summed E-state index contributed by atoms with van der Waals surface area (Å²) in [5.74, 6) is 2.62. The molecule has 0 spiro atoms. The van der Waals surface area contributed by atoms with Crippen molar-refractivity contribution in [2.24, 2.45) is 21.2 Å². The molecule has 0 aliphatic rings. The zero-order chi connectivity index (χ0) is 28.5. The van der Waals surface area contributed by atoms with Crippen LogP contribution in [0.15, 0.2) is 76.1 Å². The van der Waals surface area contributed by atoms with Crippen LogP contribution in [0, 0.1) is 11.6 Å². The second-order valence-corrected chi connectivity index (χ2v) is 8.28. The Kier molecular flexibility index (Phi) is 9.63. The largest absolute Gasteiger partial charge is 0.484 e. The summed E-state index contributed by atoms with van der Waals surface area (Å²) in [6.07, 6.45) is -2.10. The number of ether oxygens (including phenoxy) is 2. The Morgan fingerprint density at radius 1 is 1.05 bits per heavy atom. The lowest BCUT2D eigenvalue weighted by Gasteiger charge is -2.32. The number of rotatable bonds is 11. The molecule has 0 bridgehead atoms. The minimum absolute atomic E-state index is 0.0220. The molecule has 13 heteroatoms.